The first-order valence-corrected chi connectivity index (χ1v) is 5.21. The minimum absolute atomic E-state index is 0.526. The molecule has 84 valence electrons. The highest BCUT2D eigenvalue weighted by atomic mass is 16.5. The Morgan fingerprint density at radius 2 is 1.87 bits per heavy atom. The average Bonchev–Trinajstić information content (AvgIpc) is 2.16. The van der Waals surface area contributed by atoms with Gasteiger partial charge in [0.1, 0.15) is 5.75 Å². The molecule has 1 atom stereocenters. The first-order valence-electron chi connectivity index (χ1n) is 5.21. The summed E-state index contributed by atoms with van der Waals surface area (Å²) in [5.74, 6) is 1.41. The van der Waals surface area contributed by atoms with E-state index in [9.17, 15) is 0 Å². The van der Waals surface area contributed by atoms with E-state index in [1.54, 1.807) is 0 Å². The highest BCUT2D eigenvalue weighted by molar-refractivity contribution is 5.41. The molecule has 0 saturated heterocycles. The van der Waals surface area contributed by atoms with Crippen LogP contribution in [0.15, 0.2) is 24.3 Å². The lowest BCUT2D eigenvalue weighted by Crippen LogP contribution is -2.24. The van der Waals surface area contributed by atoms with E-state index < -0.39 is 0 Å². The van der Waals surface area contributed by atoms with Crippen molar-refractivity contribution in [3.05, 3.63) is 24.3 Å². The predicted octanol–water partition coefficient (Wildman–Crippen LogP) is 1.85. The number of hydrogen-bond donors (Lipinski definition) is 1. The van der Waals surface area contributed by atoms with Crippen LogP contribution in [-0.2, 0) is 0 Å². The molecule has 3 nitrogen and oxygen atoms in total. The van der Waals surface area contributed by atoms with Gasteiger partial charge in [-0.15, -0.1) is 0 Å². The number of ether oxygens (including phenoxy) is 1. The van der Waals surface area contributed by atoms with E-state index in [-0.39, 0.29) is 0 Å². The molecule has 3 heteroatoms. The van der Waals surface area contributed by atoms with E-state index >= 15 is 0 Å². The van der Waals surface area contributed by atoms with Crippen molar-refractivity contribution in [1.29, 1.82) is 0 Å². The Hall–Kier alpha value is -1.22. The summed E-state index contributed by atoms with van der Waals surface area (Å²) >= 11 is 0. The Morgan fingerprint density at radius 3 is 2.40 bits per heavy atom. The fraction of sp³-hybridized carbons (Fsp3) is 0.500. The van der Waals surface area contributed by atoms with Crippen molar-refractivity contribution < 1.29 is 4.74 Å². The van der Waals surface area contributed by atoms with E-state index in [4.69, 9.17) is 10.5 Å². The summed E-state index contributed by atoms with van der Waals surface area (Å²) in [6, 6.07) is 7.51. The maximum absolute atomic E-state index is 5.64. The van der Waals surface area contributed by atoms with Gasteiger partial charge in [-0.25, -0.2) is 0 Å². The second kappa shape index (κ2) is 5.61. The van der Waals surface area contributed by atoms with Gasteiger partial charge in [0.05, 0.1) is 6.61 Å². The zero-order valence-electron chi connectivity index (χ0n) is 9.73. The summed E-state index contributed by atoms with van der Waals surface area (Å²) < 4.78 is 5.64. The smallest absolute Gasteiger partial charge is 0.119 e. The topological polar surface area (TPSA) is 38.5 Å². The van der Waals surface area contributed by atoms with Crippen LogP contribution in [0, 0.1) is 5.92 Å². The molecule has 0 heterocycles. The second-order valence-corrected chi connectivity index (χ2v) is 4.25. The molecule has 0 aliphatic heterocycles. The average molecular weight is 208 g/mol. The molecule has 0 fully saturated rings. The van der Waals surface area contributed by atoms with Crippen LogP contribution in [0.3, 0.4) is 0 Å². The van der Waals surface area contributed by atoms with Gasteiger partial charge in [-0.2, -0.15) is 0 Å². The third-order valence-electron chi connectivity index (χ3n) is 2.09. The van der Waals surface area contributed by atoms with Crippen LogP contribution in [0.2, 0.25) is 0 Å². The van der Waals surface area contributed by atoms with Gasteiger partial charge in [-0.05, 0) is 38.4 Å². The van der Waals surface area contributed by atoms with Gasteiger partial charge in [-0.3, -0.25) is 0 Å². The van der Waals surface area contributed by atoms with Gasteiger partial charge >= 0.3 is 0 Å². The summed E-state index contributed by atoms with van der Waals surface area (Å²) in [5, 5.41) is 0. The van der Waals surface area contributed by atoms with Crippen molar-refractivity contribution in [3.63, 3.8) is 0 Å². The van der Waals surface area contributed by atoms with Crippen molar-refractivity contribution in [2.75, 3.05) is 33.0 Å². The zero-order valence-corrected chi connectivity index (χ0v) is 9.73. The molecular formula is C12H20N2O. The van der Waals surface area contributed by atoms with Crippen molar-refractivity contribution in [3.8, 4) is 5.75 Å². The Labute approximate surface area is 91.8 Å². The van der Waals surface area contributed by atoms with Crippen LogP contribution in [-0.4, -0.2) is 32.1 Å². The zero-order chi connectivity index (χ0) is 11.3. The van der Waals surface area contributed by atoms with Gasteiger partial charge in [0, 0.05) is 18.2 Å². The molecule has 1 rings (SSSR count). The van der Waals surface area contributed by atoms with Crippen molar-refractivity contribution in [2.24, 2.45) is 5.92 Å². The lowest BCUT2D eigenvalue weighted by Gasteiger charge is -2.17. The Bertz CT molecular complexity index is 282. The number of nitrogens with two attached hydrogens (primary N) is 1. The fourth-order valence-electron chi connectivity index (χ4n) is 1.48. The minimum atomic E-state index is 0.526. The Kier molecular flexibility index (Phi) is 4.43. The van der Waals surface area contributed by atoms with Gasteiger partial charge in [0.25, 0.3) is 0 Å². The second-order valence-electron chi connectivity index (χ2n) is 4.25. The summed E-state index contributed by atoms with van der Waals surface area (Å²) in [6.07, 6.45) is 0. The van der Waals surface area contributed by atoms with Gasteiger partial charge < -0.3 is 15.4 Å². The van der Waals surface area contributed by atoms with Crippen LogP contribution in [0.5, 0.6) is 5.75 Å². The van der Waals surface area contributed by atoms with Crippen LogP contribution < -0.4 is 10.5 Å². The summed E-state index contributed by atoms with van der Waals surface area (Å²) in [5.41, 5.74) is 6.35. The number of rotatable bonds is 5. The highest BCUT2D eigenvalue weighted by Crippen LogP contribution is 2.14. The molecule has 1 aromatic rings. The number of nitrogens with zero attached hydrogens (tertiary/aromatic N) is 1. The van der Waals surface area contributed by atoms with E-state index in [0.29, 0.717) is 5.92 Å². The molecule has 2 N–H and O–H groups in total. The van der Waals surface area contributed by atoms with Crippen molar-refractivity contribution >= 4 is 5.69 Å². The molecule has 0 amide bonds. The maximum atomic E-state index is 5.64. The third kappa shape index (κ3) is 4.70. The monoisotopic (exact) mass is 208 g/mol. The van der Waals surface area contributed by atoms with E-state index in [2.05, 4.69) is 25.9 Å². The van der Waals surface area contributed by atoms with E-state index in [0.717, 1.165) is 24.6 Å². The number of hydrogen-bond acceptors (Lipinski definition) is 3. The first kappa shape index (κ1) is 11.9. The standard InChI is InChI=1S/C12H20N2O/c1-10(8-14(2)3)9-15-12-6-4-11(13)5-7-12/h4-7,10H,8-9,13H2,1-3H3. The number of anilines is 1. The highest BCUT2D eigenvalue weighted by Gasteiger charge is 2.04. The molecule has 0 radical (unpaired) electrons. The molecule has 1 aromatic carbocycles. The van der Waals surface area contributed by atoms with Gasteiger partial charge in [-0.1, -0.05) is 6.92 Å². The SMILES string of the molecule is CC(COc1ccc(N)cc1)CN(C)C. The molecule has 0 aliphatic carbocycles. The predicted molar refractivity (Wildman–Crippen MR) is 64.1 cm³/mol. The molecular weight excluding hydrogens is 188 g/mol. The quantitative estimate of drug-likeness (QED) is 0.750. The molecule has 0 saturated carbocycles. The number of nitrogen functional groups attached to an aromatic ring is 1. The summed E-state index contributed by atoms with van der Waals surface area (Å²) in [7, 11) is 4.14. The first-order chi connectivity index (χ1) is 7.08. The van der Waals surface area contributed by atoms with Crippen LogP contribution >= 0.6 is 0 Å². The maximum Gasteiger partial charge on any atom is 0.119 e. The molecule has 15 heavy (non-hydrogen) atoms. The largest absolute Gasteiger partial charge is 0.493 e. The Balaban J connectivity index is 2.33. The molecule has 0 aliphatic rings. The van der Waals surface area contributed by atoms with Crippen LogP contribution in [0.25, 0.3) is 0 Å². The van der Waals surface area contributed by atoms with Crippen molar-refractivity contribution in [1.82, 2.24) is 4.90 Å². The van der Waals surface area contributed by atoms with E-state index in [1.165, 1.54) is 0 Å². The third-order valence-corrected chi connectivity index (χ3v) is 2.09. The van der Waals surface area contributed by atoms with Gasteiger partial charge in [0.2, 0.25) is 0 Å². The number of benzene rings is 1. The van der Waals surface area contributed by atoms with Gasteiger partial charge in [0.15, 0.2) is 0 Å². The molecule has 0 spiro atoms. The summed E-state index contributed by atoms with van der Waals surface area (Å²) in [4.78, 5) is 2.16. The summed E-state index contributed by atoms with van der Waals surface area (Å²) in [6.45, 7) is 3.95. The normalized spacial score (nSPS) is 12.8. The molecule has 0 bridgehead atoms. The minimum Gasteiger partial charge on any atom is -0.493 e. The Morgan fingerprint density at radius 1 is 1.27 bits per heavy atom. The lowest BCUT2D eigenvalue weighted by atomic mass is 10.2. The van der Waals surface area contributed by atoms with Crippen molar-refractivity contribution in [2.45, 2.75) is 6.92 Å². The lowest BCUT2D eigenvalue weighted by molar-refractivity contribution is 0.222. The van der Waals surface area contributed by atoms with Crippen LogP contribution in [0.4, 0.5) is 5.69 Å². The van der Waals surface area contributed by atoms with Crippen LogP contribution in [0.1, 0.15) is 6.92 Å². The fourth-order valence-corrected chi connectivity index (χ4v) is 1.48. The molecule has 0 aromatic heterocycles. The van der Waals surface area contributed by atoms with E-state index in [1.807, 2.05) is 24.3 Å². The molecule has 1 unspecified atom stereocenters.